The van der Waals surface area contributed by atoms with Gasteiger partial charge in [-0.1, -0.05) is 32.0 Å². The highest BCUT2D eigenvalue weighted by molar-refractivity contribution is 7.10. The molecule has 1 N–H and O–H groups in total. The third kappa shape index (κ3) is 5.05. The molecule has 3 aliphatic rings. The van der Waals surface area contributed by atoms with Crippen molar-refractivity contribution in [1.29, 1.82) is 0 Å². The smallest absolute Gasteiger partial charge is 0.242 e. The second kappa shape index (κ2) is 10.2. The van der Waals surface area contributed by atoms with E-state index in [1.54, 1.807) is 23.5 Å². The van der Waals surface area contributed by atoms with Gasteiger partial charge in [0.25, 0.3) is 0 Å². The largest absolute Gasteiger partial charge is 0.368 e. The fourth-order valence-corrected chi connectivity index (χ4v) is 6.93. The van der Waals surface area contributed by atoms with Crippen LogP contribution in [0.2, 0.25) is 0 Å². The Bertz CT molecular complexity index is 1410. The number of anilines is 3. The van der Waals surface area contributed by atoms with Crippen molar-refractivity contribution in [3.63, 3.8) is 0 Å². The van der Waals surface area contributed by atoms with Crippen LogP contribution >= 0.6 is 11.3 Å². The molecule has 6 rings (SSSR count). The Morgan fingerprint density at radius 3 is 2.46 bits per heavy atom. The molecule has 1 unspecified atom stereocenters. The zero-order valence-corrected chi connectivity index (χ0v) is 23.1. The minimum atomic E-state index is -0.329. The van der Waals surface area contributed by atoms with Crippen LogP contribution in [0.1, 0.15) is 37.6 Å². The van der Waals surface area contributed by atoms with Gasteiger partial charge in [-0.2, -0.15) is 0 Å². The third-order valence-electron chi connectivity index (χ3n) is 7.95. The fraction of sp³-hybridized carbons (Fsp3) is 0.355. The van der Waals surface area contributed by atoms with Gasteiger partial charge in [-0.3, -0.25) is 9.59 Å². The predicted molar refractivity (Wildman–Crippen MR) is 155 cm³/mol. The van der Waals surface area contributed by atoms with Crippen molar-refractivity contribution < 1.29 is 14.0 Å². The zero-order valence-electron chi connectivity index (χ0n) is 22.3. The van der Waals surface area contributed by atoms with E-state index in [4.69, 9.17) is 0 Å². The molecule has 1 atom stereocenters. The molecule has 8 heteroatoms. The number of ketones is 1. The second-order valence-electron chi connectivity index (χ2n) is 11.4. The van der Waals surface area contributed by atoms with E-state index in [1.807, 2.05) is 40.6 Å². The number of piperazine rings is 1. The Morgan fingerprint density at radius 1 is 1.00 bits per heavy atom. The summed E-state index contributed by atoms with van der Waals surface area (Å²) in [5.41, 5.74) is 4.42. The Balaban J connectivity index is 1.31. The Labute approximate surface area is 232 Å². The van der Waals surface area contributed by atoms with Crippen LogP contribution in [0.3, 0.4) is 0 Å². The van der Waals surface area contributed by atoms with Crippen molar-refractivity contribution in [3.8, 4) is 0 Å². The van der Waals surface area contributed by atoms with Gasteiger partial charge in [0, 0.05) is 54.4 Å². The van der Waals surface area contributed by atoms with E-state index in [1.165, 1.54) is 12.1 Å². The van der Waals surface area contributed by atoms with Crippen molar-refractivity contribution in [2.45, 2.75) is 32.7 Å². The molecule has 0 bridgehead atoms. The van der Waals surface area contributed by atoms with Crippen LogP contribution in [0.5, 0.6) is 0 Å². The number of para-hydroxylation sites is 2. The van der Waals surface area contributed by atoms with E-state index in [-0.39, 0.29) is 35.5 Å². The van der Waals surface area contributed by atoms with Gasteiger partial charge in [-0.15, -0.1) is 11.3 Å². The highest BCUT2D eigenvalue weighted by Gasteiger charge is 2.42. The molecule has 39 heavy (non-hydrogen) atoms. The molecule has 3 heterocycles. The summed E-state index contributed by atoms with van der Waals surface area (Å²) in [6.45, 7) is 7.01. The van der Waals surface area contributed by atoms with Crippen LogP contribution in [0.25, 0.3) is 0 Å². The molecule has 0 saturated carbocycles. The number of amides is 1. The number of nitrogens with one attached hydrogen (secondary N) is 1. The number of Topliss-reactive ketones (excluding diaryl/α,β-unsaturated/α-hetero) is 1. The summed E-state index contributed by atoms with van der Waals surface area (Å²) in [5, 5.41) is 5.65. The number of carbonyl (C=O) groups is 2. The number of benzene rings is 2. The van der Waals surface area contributed by atoms with Crippen molar-refractivity contribution in [1.82, 2.24) is 4.90 Å². The molecule has 3 aromatic rings. The van der Waals surface area contributed by atoms with Gasteiger partial charge in [-0.05, 0) is 59.7 Å². The first-order valence-electron chi connectivity index (χ1n) is 13.5. The van der Waals surface area contributed by atoms with Crippen LogP contribution < -0.4 is 15.1 Å². The summed E-state index contributed by atoms with van der Waals surface area (Å²) in [7, 11) is 0. The monoisotopic (exact) mass is 544 g/mol. The number of allylic oxidation sites excluding steroid dienone is 1. The first-order chi connectivity index (χ1) is 18.8. The summed E-state index contributed by atoms with van der Waals surface area (Å²) >= 11 is 1.62. The summed E-state index contributed by atoms with van der Waals surface area (Å²) < 4.78 is 13.4. The SMILES string of the molecule is CC1(C)CC(=O)C2=C(C1)Nc1ccccc1N(CC(=O)N1CCN(c3ccc(F)cc3)CC1)C2c1cccs1. The Kier molecular flexibility index (Phi) is 6.67. The molecular formula is C31H33FN4O2S. The van der Waals surface area contributed by atoms with E-state index in [0.29, 0.717) is 32.6 Å². The minimum Gasteiger partial charge on any atom is -0.368 e. The molecule has 6 nitrogen and oxygen atoms in total. The number of hydrogen-bond donors (Lipinski definition) is 1. The second-order valence-corrected chi connectivity index (χ2v) is 12.3. The van der Waals surface area contributed by atoms with Gasteiger partial charge in [0.05, 0.1) is 24.0 Å². The lowest BCUT2D eigenvalue weighted by Gasteiger charge is -2.40. The number of nitrogens with zero attached hydrogens (tertiary/aromatic N) is 3. The first-order valence-corrected chi connectivity index (χ1v) is 14.4. The van der Waals surface area contributed by atoms with Crippen LogP contribution in [0, 0.1) is 11.2 Å². The highest BCUT2D eigenvalue weighted by Crippen LogP contribution is 2.48. The first kappa shape index (κ1) is 25.6. The molecule has 202 valence electrons. The molecule has 2 aliphatic heterocycles. The highest BCUT2D eigenvalue weighted by atomic mass is 32.1. The Morgan fingerprint density at radius 2 is 1.74 bits per heavy atom. The molecule has 2 aromatic carbocycles. The van der Waals surface area contributed by atoms with E-state index >= 15 is 0 Å². The van der Waals surface area contributed by atoms with Crippen molar-refractivity contribution in [2.75, 3.05) is 47.8 Å². The summed E-state index contributed by atoms with van der Waals surface area (Å²) in [4.78, 5) is 34.8. The quantitative estimate of drug-likeness (QED) is 0.447. The lowest BCUT2D eigenvalue weighted by Crippen LogP contribution is -2.52. The van der Waals surface area contributed by atoms with Crippen molar-refractivity contribution >= 4 is 40.1 Å². The predicted octanol–water partition coefficient (Wildman–Crippen LogP) is 5.85. The van der Waals surface area contributed by atoms with Gasteiger partial charge >= 0.3 is 0 Å². The summed E-state index contributed by atoms with van der Waals surface area (Å²) in [5.74, 6) is -0.0681. The molecule has 1 aliphatic carbocycles. The maximum absolute atomic E-state index is 13.8. The fourth-order valence-electron chi connectivity index (χ4n) is 6.08. The van der Waals surface area contributed by atoms with Gasteiger partial charge < -0.3 is 20.0 Å². The number of carbonyl (C=O) groups excluding carboxylic acids is 2. The van der Waals surface area contributed by atoms with Crippen LogP contribution in [0.15, 0.2) is 77.3 Å². The maximum Gasteiger partial charge on any atom is 0.242 e. The lowest BCUT2D eigenvalue weighted by atomic mass is 9.74. The van der Waals surface area contributed by atoms with E-state index < -0.39 is 0 Å². The molecular weight excluding hydrogens is 511 g/mol. The van der Waals surface area contributed by atoms with Crippen LogP contribution in [-0.2, 0) is 9.59 Å². The minimum absolute atomic E-state index is 0.0396. The third-order valence-corrected chi connectivity index (χ3v) is 8.87. The summed E-state index contributed by atoms with van der Waals surface area (Å²) in [6, 6.07) is 18.3. The Hall–Kier alpha value is -3.65. The van der Waals surface area contributed by atoms with E-state index in [9.17, 15) is 14.0 Å². The maximum atomic E-state index is 13.8. The van der Waals surface area contributed by atoms with E-state index in [0.717, 1.165) is 39.6 Å². The average Bonchev–Trinajstić information content (AvgIpc) is 3.40. The topological polar surface area (TPSA) is 55.9 Å². The lowest BCUT2D eigenvalue weighted by molar-refractivity contribution is -0.130. The molecule has 1 fully saturated rings. The molecule has 0 spiro atoms. The number of fused-ring (bicyclic) bond motifs is 1. The number of halogens is 1. The summed E-state index contributed by atoms with van der Waals surface area (Å²) in [6.07, 6.45) is 1.26. The van der Waals surface area contributed by atoms with Crippen molar-refractivity contribution in [3.05, 3.63) is 88.0 Å². The van der Waals surface area contributed by atoms with Gasteiger partial charge in [0.1, 0.15) is 5.82 Å². The van der Waals surface area contributed by atoms with Gasteiger partial charge in [0.2, 0.25) is 5.91 Å². The number of hydrogen-bond acceptors (Lipinski definition) is 6. The number of rotatable bonds is 4. The molecule has 0 radical (unpaired) electrons. The molecule has 1 aromatic heterocycles. The van der Waals surface area contributed by atoms with Gasteiger partial charge in [0.15, 0.2) is 5.78 Å². The van der Waals surface area contributed by atoms with Gasteiger partial charge in [-0.25, -0.2) is 4.39 Å². The normalized spacial score (nSPS) is 20.7. The van der Waals surface area contributed by atoms with E-state index in [2.05, 4.69) is 35.0 Å². The molecule has 1 saturated heterocycles. The van der Waals surface area contributed by atoms with Crippen LogP contribution in [-0.4, -0.2) is 49.3 Å². The standard InChI is InChI=1S/C31H33FN4O2S/c1-31(2)18-24-29(26(37)19-31)30(27-8-5-17-39-27)36(25-7-4-3-6-23(25)33-24)20-28(38)35-15-13-34(14-16-35)22-11-9-21(32)10-12-22/h3-12,17,30,33H,13-16,18-20H2,1-2H3. The van der Waals surface area contributed by atoms with Crippen LogP contribution in [0.4, 0.5) is 21.5 Å². The zero-order chi connectivity index (χ0) is 27.1. The van der Waals surface area contributed by atoms with Crippen molar-refractivity contribution in [2.24, 2.45) is 5.41 Å². The number of thiophene rings is 1. The average molecular weight is 545 g/mol. The molecule has 1 amide bonds.